The molecule has 58 valence electrons. The van der Waals surface area contributed by atoms with Gasteiger partial charge in [-0.15, -0.1) is 0 Å². The molecule has 0 aromatic carbocycles. The molecule has 0 amide bonds. The van der Waals surface area contributed by atoms with Gasteiger partial charge in [-0.2, -0.15) is 0 Å². The van der Waals surface area contributed by atoms with Gasteiger partial charge in [0, 0.05) is 0 Å². The highest BCUT2D eigenvalue weighted by Crippen LogP contribution is 2.33. The Morgan fingerprint density at radius 1 is 1.60 bits per heavy atom. The van der Waals surface area contributed by atoms with Crippen LogP contribution in [-0.2, 0) is 4.74 Å². The molecular weight excluding hydrogens is 124 g/mol. The first kappa shape index (κ1) is 7.80. The van der Waals surface area contributed by atoms with Crippen molar-refractivity contribution in [3.63, 3.8) is 0 Å². The lowest BCUT2D eigenvalue weighted by molar-refractivity contribution is -0.00249. The van der Waals surface area contributed by atoms with Gasteiger partial charge in [0.25, 0.3) is 0 Å². The van der Waals surface area contributed by atoms with Crippen LogP contribution < -0.4 is 0 Å². The number of hydrogen-bond donors (Lipinski definition) is 0. The van der Waals surface area contributed by atoms with E-state index < -0.39 is 0 Å². The first-order valence-corrected chi connectivity index (χ1v) is 3.88. The molecule has 1 aliphatic heterocycles. The smallest absolute Gasteiger partial charge is 0.0888 e. The van der Waals surface area contributed by atoms with E-state index in [9.17, 15) is 0 Å². The van der Waals surface area contributed by atoms with Crippen LogP contribution in [0.25, 0.3) is 0 Å². The molecule has 1 nitrogen and oxygen atoms in total. The van der Waals surface area contributed by atoms with E-state index in [0.717, 1.165) is 6.61 Å². The summed E-state index contributed by atoms with van der Waals surface area (Å²) < 4.78 is 5.62. The Bertz CT molecular complexity index is 158. The standard InChI is InChI=1S/C9H16O/c1-7(2)9(4)8(3)5-6-10-9/h5,7H,6H2,1-4H3. The predicted molar refractivity (Wildman–Crippen MR) is 43.0 cm³/mol. The fourth-order valence-corrected chi connectivity index (χ4v) is 1.28. The van der Waals surface area contributed by atoms with E-state index in [1.807, 2.05) is 0 Å². The van der Waals surface area contributed by atoms with Gasteiger partial charge in [-0.1, -0.05) is 19.9 Å². The zero-order valence-electron chi connectivity index (χ0n) is 7.27. The van der Waals surface area contributed by atoms with Gasteiger partial charge < -0.3 is 4.74 Å². The first-order chi connectivity index (χ1) is 4.57. The van der Waals surface area contributed by atoms with Gasteiger partial charge in [0.2, 0.25) is 0 Å². The van der Waals surface area contributed by atoms with Crippen LogP contribution in [0.5, 0.6) is 0 Å². The number of ether oxygens (including phenoxy) is 1. The third-order valence-corrected chi connectivity index (χ3v) is 2.66. The Morgan fingerprint density at radius 3 is 2.40 bits per heavy atom. The molecule has 1 atom stereocenters. The monoisotopic (exact) mass is 140 g/mol. The maximum atomic E-state index is 5.62. The molecule has 0 saturated carbocycles. The van der Waals surface area contributed by atoms with Crippen LogP contribution in [0.4, 0.5) is 0 Å². The van der Waals surface area contributed by atoms with Crippen molar-refractivity contribution in [1.82, 2.24) is 0 Å². The second kappa shape index (κ2) is 2.39. The fraction of sp³-hybridized carbons (Fsp3) is 0.778. The maximum absolute atomic E-state index is 5.62. The molecule has 1 heteroatoms. The molecule has 0 N–H and O–H groups in total. The van der Waals surface area contributed by atoms with E-state index >= 15 is 0 Å². The molecule has 0 aromatic rings. The summed E-state index contributed by atoms with van der Waals surface area (Å²) >= 11 is 0. The molecule has 10 heavy (non-hydrogen) atoms. The fourth-order valence-electron chi connectivity index (χ4n) is 1.28. The Balaban J connectivity index is 2.78. The van der Waals surface area contributed by atoms with E-state index in [2.05, 4.69) is 33.8 Å². The summed E-state index contributed by atoms with van der Waals surface area (Å²) in [5.41, 5.74) is 1.39. The minimum atomic E-state index is 0.0139. The van der Waals surface area contributed by atoms with Crippen LogP contribution in [0.1, 0.15) is 27.7 Å². The van der Waals surface area contributed by atoms with E-state index in [1.54, 1.807) is 0 Å². The van der Waals surface area contributed by atoms with E-state index in [0.29, 0.717) is 5.92 Å². The van der Waals surface area contributed by atoms with Gasteiger partial charge in [-0.05, 0) is 25.3 Å². The molecule has 1 rings (SSSR count). The Kier molecular flexibility index (Phi) is 1.86. The van der Waals surface area contributed by atoms with Crippen molar-refractivity contribution < 1.29 is 4.74 Å². The van der Waals surface area contributed by atoms with Gasteiger partial charge in [0.05, 0.1) is 12.2 Å². The molecule has 0 bridgehead atoms. The van der Waals surface area contributed by atoms with Crippen molar-refractivity contribution in [2.75, 3.05) is 6.61 Å². The van der Waals surface area contributed by atoms with Crippen LogP contribution in [0.15, 0.2) is 11.6 Å². The lowest BCUT2D eigenvalue weighted by Crippen LogP contribution is -2.32. The zero-order chi connectivity index (χ0) is 7.78. The zero-order valence-corrected chi connectivity index (χ0v) is 7.27. The third kappa shape index (κ3) is 0.988. The molecule has 1 unspecified atom stereocenters. The minimum Gasteiger partial charge on any atom is -0.367 e. The summed E-state index contributed by atoms with van der Waals surface area (Å²) in [7, 11) is 0. The van der Waals surface area contributed by atoms with Gasteiger partial charge in [0.1, 0.15) is 0 Å². The molecule has 0 radical (unpaired) electrons. The average molecular weight is 140 g/mol. The highest BCUT2D eigenvalue weighted by Gasteiger charge is 2.33. The largest absolute Gasteiger partial charge is 0.367 e. The number of hydrogen-bond acceptors (Lipinski definition) is 1. The summed E-state index contributed by atoms with van der Waals surface area (Å²) in [4.78, 5) is 0. The second-order valence-corrected chi connectivity index (χ2v) is 3.46. The van der Waals surface area contributed by atoms with Crippen molar-refractivity contribution in [2.24, 2.45) is 5.92 Å². The normalized spacial score (nSPS) is 33.1. The van der Waals surface area contributed by atoms with Crippen LogP contribution >= 0.6 is 0 Å². The Hall–Kier alpha value is -0.300. The van der Waals surface area contributed by atoms with E-state index in [1.165, 1.54) is 5.57 Å². The van der Waals surface area contributed by atoms with Gasteiger partial charge in [-0.25, -0.2) is 0 Å². The summed E-state index contributed by atoms with van der Waals surface area (Å²) in [5.74, 6) is 0.575. The lowest BCUT2D eigenvalue weighted by atomic mass is 9.87. The molecule has 0 fully saturated rings. The summed E-state index contributed by atoms with van der Waals surface area (Å²) in [5, 5.41) is 0. The van der Waals surface area contributed by atoms with Crippen molar-refractivity contribution in [1.29, 1.82) is 0 Å². The topological polar surface area (TPSA) is 9.23 Å². The van der Waals surface area contributed by atoms with Crippen LogP contribution in [-0.4, -0.2) is 12.2 Å². The molecular formula is C9H16O. The second-order valence-electron chi connectivity index (χ2n) is 3.46. The molecule has 0 aliphatic carbocycles. The maximum Gasteiger partial charge on any atom is 0.0888 e. The Labute approximate surface area is 63.1 Å². The third-order valence-electron chi connectivity index (χ3n) is 2.66. The summed E-state index contributed by atoms with van der Waals surface area (Å²) in [6.07, 6.45) is 2.17. The molecule has 0 saturated heterocycles. The number of rotatable bonds is 1. The summed E-state index contributed by atoms with van der Waals surface area (Å²) in [6, 6.07) is 0. The van der Waals surface area contributed by atoms with Crippen molar-refractivity contribution >= 4 is 0 Å². The van der Waals surface area contributed by atoms with Crippen molar-refractivity contribution in [3.8, 4) is 0 Å². The van der Waals surface area contributed by atoms with Crippen molar-refractivity contribution in [2.45, 2.75) is 33.3 Å². The van der Waals surface area contributed by atoms with Gasteiger partial charge in [0.15, 0.2) is 0 Å². The average Bonchev–Trinajstić information content (AvgIpc) is 2.15. The highest BCUT2D eigenvalue weighted by molar-refractivity contribution is 5.18. The SMILES string of the molecule is CC1=CCOC1(C)C(C)C. The van der Waals surface area contributed by atoms with E-state index in [4.69, 9.17) is 4.74 Å². The molecule has 0 spiro atoms. The predicted octanol–water partition coefficient (Wildman–Crippen LogP) is 2.38. The molecule has 1 aliphatic rings. The molecule has 1 heterocycles. The minimum absolute atomic E-state index is 0.0139. The first-order valence-electron chi connectivity index (χ1n) is 3.88. The van der Waals surface area contributed by atoms with Gasteiger partial charge >= 0.3 is 0 Å². The summed E-state index contributed by atoms with van der Waals surface area (Å²) in [6.45, 7) is 9.50. The quantitative estimate of drug-likeness (QED) is 0.508. The van der Waals surface area contributed by atoms with E-state index in [-0.39, 0.29) is 5.60 Å². The van der Waals surface area contributed by atoms with Crippen LogP contribution in [0.3, 0.4) is 0 Å². The Morgan fingerprint density at radius 2 is 2.20 bits per heavy atom. The van der Waals surface area contributed by atoms with Crippen molar-refractivity contribution in [3.05, 3.63) is 11.6 Å². The lowest BCUT2D eigenvalue weighted by Gasteiger charge is -2.30. The van der Waals surface area contributed by atoms with Crippen LogP contribution in [0.2, 0.25) is 0 Å². The van der Waals surface area contributed by atoms with Crippen LogP contribution in [0, 0.1) is 5.92 Å². The van der Waals surface area contributed by atoms with Gasteiger partial charge in [-0.3, -0.25) is 0 Å². The molecule has 0 aromatic heterocycles. The highest BCUT2D eigenvalue weighted by atomic mass is 16.5.